The van der Waals surface area contributed by atoms with Crippen LogP contribution in [0.15, 0.2) is 24.3 Å². The quantitative estimate of drug-likeness (QED) is 0.650. The highest BCUT2D eigenvalue weighted by Crippen LogP contribution is 2.24. The lowest BCUT2D eigenvalue weighted by atomic mass is 10.1. The van der Waals surface area contributed by atoms with Crippen molar-refractivity contribution in [2.75, 3.05) is 24.2 Å². The molecule has 0 bridgehead atoms. The van der Waals surface area contributed by atoms with Crippen molar-refractivity contribution in [3.63, 3.8) is 0 Å². The standard InChI is InChI=1S/C18H24N4O5S/c1-2-9-28(26,27)22-8-4-7-15(22)17(24)20-14-6-3-5-13(10-14)12-21-16(23)11-19-18(21)25/h3,5-6,10,15H,2,4,7-9,11-12H2,1H3,(H,19,25)(H,20,24). The third-order valence-corrected chi connectivity index (χ3v) is 6.87. The van der Waals surface area contributed by atoms with Gasteiger partial charge in [-0.2, -0.15) is 4.31 Å². The van der Waals surface area contributed by atoms with E-state index in [2.05, 4.69) is 10.6 Å². The molecule has 152 valence electrons. The van der Waals surface area contributed by atoms with Gasteiger partial charge in [-0.3, -0.25) is 14.5 Å². The highest BCUT2D eigenvalue weighted by atomic mass is 32.2. The summed E-state index contributed by atoms with van der Waals surface area (Å²) in [6.07, 6.45) is 1.63. The van der Waals surface area contributed by atoms with Gasteiger partial charge in [0.1, 0.15) is 6.04 Å². The number of nitrogens with one attached hydrogen (secondary N) is 2. The SMILES string of the molecule is CCCS(=O)(=O)N1CCCC1C(=O)Nc1cccc(CN2C(=O)CNC2=O)c1. The molecular weight excluding hydrogens is 384 g/mol. The second-order valence-electron chi connectivity index (χ2n) is 6.91. The van der Waals surface area contributed by atoms with Crippen LogP contribution in [-0.2, 0) is 26.2 Å². The summed E-state index contributed by atoms with van der Waals surface area (Å²) in [7, 11) is -3.45. The number of nitrogens with zero attached hydrogens (tertiary/aromatic N) is 2. The number of amides is 4. The van der Waals surface area contributed by atoms with Gasteiger partial charge in [-0.15, -0.1) is 0 Å². The van der Waals surface area contributed by atoms with Crippen molar-refractivity contribution in [1.82, 2.24) is 14.5 Å². The van der Waals surface area contributed by atoms with Crippen molar-refractivity contribution in [2.45, 2.75) is 38.8 Å². The first-order valence-corrected chi connectivity index (χ1v) is 10.9. The Bertz CT molecular complexity index is 870. The molecule has 2 aliphatic rings. The van der Waals surface area contributed by atoms with Crippen molar-refractivity contribution in [3.8, 4) is 0 Å². The first kappa shape index (κ1) is 20.3. The molecule has 0 saturated carbocycles. The average molecular weight is 408 g/mol. The smallest absolute Gasteiger partial charge is 0.324 e. The third-order valence-electron chi connectivity index (χ3n) is 4.80. The fourth-order valence-corrected chi connectivity index (χ4v) is 5.23. The van der Waals surface area contributed by atoms with Crippen LogP contribution in [0.3, 0.4) is 0 Å². The van der Waals surface area contributed by atoms with Crippen LogP contribution in [0.5, 0.6) is 0 Å². The zero-order chi connectivity index (χ0) is 20.3. The van der Waals surface area contributed by atoms with E-state index in [1.165, 1.54) is 4.31 Å². The number of anilines is 1. The number of urea groups is 1. The molecule has 1 atom stereocenters. The van der Waals surface area contributed by atoms with Gasteiger partial charge >= 0.3 is 6.03 Å². The molecule has 0 radical (unpaired) electrons. The van der Waals surface area contributed by atoms with E-state index in [-0.39, 0.29) is 30.7 Å². The number of imide groups is 1. The molecule has 1 aromatic rings. The molecule has 3 rings (SSSR count). The molecular formula is C18H24N4O5S. The summed E-state index contributed by atoms with van der Waals surface area (Å²) in [6, 6.07) is 5.67. The molecule has 2 fully saturated rings. The predicted octanol–water partition coefficient (Wildman–Crippen LogP) is 0.881. The van der Waals surface area contributed by atoms with Gasteiger partial charge in [-0.1, -0.05) is 19.1 Å². The second kappa shape index (κ2) is 8.27. The maximum absolute atomic E-state index is 12.7. The lowest BCUT2D eigenvalue weighted by Gasteiger charge is -2.23. The van der Waals surface area contributed by atoms with Gasteiger partial charge in [0.05, 0.1) is 18.8 Å². The van der Waals surface area contributed by atoms with Crippen molar-refractivity contribution in [1.29, 1.82) is 0 Å². The Hall–Kier alpha value is -2.46. The summed E-state index contributed by atoms with van der Waals surface area (Å²) in [5.41, 5.74) is 1.18. The van der Waals surface area contributed by atoms with E-state index >= 15 is 0 Å². The second-order valence-corrected chi connectivity index (χ2v) is 8.95. The number of carbonyl (C=O) groups excluding carboxylic acids is 3. The lowest BCUT2D eigenvalue weighted by molar-refractivity contribution is -0.125. The first-order chi connectivity index (χ1) is 13.3. The van der Waals surface area contributed by atoms with Crippen molar-refractivity contribution >= 4 is 33.6 Å². The van der Waals surface area contributed by atoms with Crippen LogP contribution in [0.25, 0.3) is 0 Å². The Balaban J connectivity index is 1.69. The zero-order valence-corrected chi connectivity index (χ0v) is 16.5. The molecule has 2 heterocycles. The van der Waals surface area contributed by atoms with E-state index in [9.17, 15) is 22.8 Å². The van der Waals surface area contributed by atoms with Crippen LogP contribution in [0.2, 0.25) is 0 Å². The van der Waals surface area contributed by atoms with Gasteiger partial charge in [-0.05, 0) is 37.0 Å². The fraction of sp³-hybridized carbons (Fsp3) is 0.500. The number of hydrogen-bond acceptors (Lipinski definition) is 5. The molecule has 9 nitrogen and oxygen atoms in total. The van der Waals surface area contributed by atoms with Gasteiger partial charge < -0.3 is 10.6 Å². The summed E-state index contributed by atoms with van der Waals surface area (Å²) < 4.78 is 26.1. The largest absolute Gasteiger partial charge is 0.329 e. The van der Waals surface area contributed by atoms with E-state index < -0.39 is 22.1 Å². The van der Waals surface area contributed by atoms with Crippen LogP contribution in [0.4, 0.5) is 10.5 Å². The number of sulfonamides is 1. The molecule has 0 aromatic heterocycles. The Morgan fingerprint density at radius 2 is 2.11 bits per heavy atom. The monoisotopic (exact) mass is 408 g/mol. The molecule has 2 N–H and O–H groups in total. The van der Waals surface area contributed by atoms with E-state index in [0.29, 0.717) is 37.1 Å². The topological polar surface area (TPSA) is 116 Å². The maximum Gasteiger partial charge on any atom is 0.324 e. The molecule has 10 heteroatoms. The van der Waals surface area contributed by atoms with Crippen LogP contribution in [0.1, 0.15) is 31.7 Å². The van der Waals surface area contributed by atoms with Crippen LogP contribution in [-0.4, -0.2) is 60.4 Å². The highest BCUT2D eigenvalue weighted by molar-refractivity contribution is 7.89. The summed E-state index contributed by atoms with van der Waals surface area (Å²) in [5.74, 6) is -0.649. The molecule has 2 saturated heterocycles. The Kier molecular flexibility index (Phi) is 5.99. The minimum absolute atomic E-state index is 0.0149. The minimum atomic E-state index is -3.45. The van der Waals surface area contributed by atoms with Gasteiger partial charge in [0.25, 0.3) is 0 Å². The van der Waals surface area contributed by atoms with Crippen LogP contribution < -0.4 is 10.6 Å². The van der Waals surface area contributed by atoms with Gasteiger partial charge in [0.15, 0.2) is 0 Å². The number of benzene rings is 1. The summed E-state index contributed by atoms with van der Waals surface area (Å²) in [5, 5.41) is 5.22. The maximum atomic E-state index is 12.7. The highest BCUT2D eigenvalue weighted by Gasteiger charge is 2.38. The van der Waals surface area contributed by atoms with Gasteiger partial charge in [0, 0.05) is 12.2 Å². The van der Waals surface area contributed by atoms with Gasteiger partial charge in [0.2, 0.25) is 21.8 Å². The summed E-state index contributed by atoms with van der Waals surface area (Å²) >= 11 is 0. The Morgan fingerprint density at radius 1 is 1.32 bits per heavy atom. The van der Waals surface area contributed by atoms with Crippen molar-refractivity contribution in [3.05, 3.63) is 29.8 Å². The third kappa shape index (κ3) is 4.33. The number of carbonyl (C=O) groups is 3. The fourth-order valence-electron chi connectivity index (χ4n) is 3.48. The van der Waals surface area contributed by atoms with Crippen molar-refractivity contribution in [2.24, 2.45) is 0 Å². The first-order valence-electron chi connectivity index (χ1n) is 9.29. The van der Waals surface area contributed by atoms with Crippen molar-refractivity contribution < 1.29 is 22.8 Å². The average Bonchev–Trinajstić information content (AvgIpc) is 3.25. The van der Waals surface area contributed by atoms with E-state index in [4.69, 9.17) is 0 Å². The number of hydrogen-bond donors (Lipinski definition) is 2. The van der Waals surface area contributed by atoms with E-state index in [1.807, 2.05) is 0 Å². The van der Waals surface area contributed by atoms with Crippen LogP contribution in [0, 0.1) is 0 Å². The molecule has 1 unspecified atom stereocenters. The minimum Gasteiger partial charge on any atom is -0.329 e. The molecule has 0 spiro atoms. The zero-order valence-electron chi connectivity index (χ0n) is 15.7. The van der Waals surface area contributed by atoms with Crippen LogP contribution >= 0.6 is 0 Å². The predicted molar refractivity (Wildman–Crippen MR) is 103 cm³/mol. The molecule has 1 aromatic carbocycles. The molecule has 4 amide bonds. The van der Waals surface area contributed by atoms with Gasteiger partial charge in [-0.25, -0.2) is 13.2 Å². The Morgan fingerprint density at radius 3 is 2.79 bits per heavy atom. The molecule has 2 aliphatic heterocycles. The number of rotatable bonds is 7. The summed E-state index contributed by atoms with van der Waals surface area (Å²) in [6.45, 7) is 2.24. The summed E-state index contributed by atoms with van der Waals surface area (Å²) in [4.78, 5) is 37.2. The molecule has 0 aliphatic carbocycles. The normalized spacial score (nSPS) is 20.5. The molecule has 28 heavy (non-hydrogen) atoms. The Labute approximate surface area is 164 Å². The lowest BCUT2D eigenvalue weighted by Crippen LogP contribution is -2.44. The van der Waals surface area contributed by atoms with E-state index in [0.717, 1.165) is 4.90 Å². The van der Waals surface area contributed by atoms with E-state index in [1.54, 1.807) is 31.2 Å².